The average Bonchev–Trinajstić information content (AvgIpc) is 1.82. The van der Waals surface area contributed by atoms with Crippen LogP contribution < -0.4 is 0 Å². The highest BCUT2D eigenvalue weighted by atomic mass is 127. The third-order valence-corrected chi connectivity index (χ3v) is 2.23. The standard InChI is InChI=1S/C6H2ClF3IN/c7-3-1-2(11)4(5(8)9)6(10)12-3/h1,5H. The van der Waals surface area contributed by atoms with E-state index in [-0.39, 0.29) is 8.72 Å². The van der Waals surface area contributed by atoms with E-state index in [0.29, 0.717) is 0 Å². The highest BCUT2D eigenvalue weighted by molar-refractivity contribution is 14.1. The third-order valence-electron chi connectivity index (χ3n) is 1.15. The fourth-order valence-corrected chi connectivity index (χ4v) is 1.78. The van der Waals surface area contributed by atoms with Gasteiger partial charge >= 0.3 is 0 Å². The quantitative estimate of drug-likeness (QED) is 0.572. The van der Waals surface area contributed by atoms with Crippen molar-refractivity contribution in [1.29, 1.82) is 0 Å². The van der Waals surface area contributed by atoms with Crippen molar-refractivity contribution in [1.82, 2.24) is 4.98 Å². The lowest BCUT2D eigenvalue weighted by molar-refractivity contribution is 0.144. The molecule has 0 aliphatic carbocycles. The third kappa shape index (κ3) is 2.01. The number of nitrogens with zero attached hydrogens (tertiary/aromatic N) is 1. The molecule has 0 aromatic carbocycles. The van der Waals surface area contributed by atoms with Crippen molar-refractivity contribution < 1.29 is 13.2 Å². The number of aromatic nitrogens is 1. The number of rotatable bonds is 1. The van der Waals surface area contributed by atoms with Gasteiger partial charge in [-0.05, 0) is 28.7 Å². The summed E-state index contributed by atoms with van der Waals surface area (Å²) in [6, 6.07) is 1.19. The van der Waals surface area contributed by atoms with E-state index in [0.717, 1.165) is 0 Å². The van der Waals surface area contributed by atoms with Crippen molar-refractivity contribution in [3.63, 3.8) is 0 Å². The molecule has 0 unspecified atom stereocenters. The fourth-order valence-electron chi connectivity index (χ4n) is 0.661. The Labute approximate surface area is 85.1 Å². The van der Waals surface area contributed by atoms with Crippen molar-refractivity contribution in [3.8, 4) is 0 Å². The van der Waals surface area contributed by atoms with E-state index in [4.69, 9.17) is 11.6 Å². The molecule has 0 N–H and O–H groups in total. The Kier molecular flexibility index (Phi) is 3.16. The Balaban J connectivity index is 3.28. The smallest absolute Gasteiger partial charge is 0.207 e. The molecule has 0 fully saturated rings. The van der Waals surface area contributed by atoms with Crippen LogP contribution in [0.25, 0.3) is 0 Å². The predicted molar refractivity (Wildman–Crippen MR) is 46.9 cm³/mol. The zero-order valence-electron chi connectivity index (χ0n) is 5.49. The summed E-state index contributed by atoms with van der Waals surface area (Å²) in [6.07, 6.45) is -2.86. The first-order chi connectivity index (χ1) is 5.52. The molecule has 1 aromatic rings. The number of hydrogen-bond donors (Lipinski definition) is 0. The van der Waals surface area contributed by atoms with Gasteiger partial charge in [-0.2, -0.15) is 4.39 Å². The molecule has 0 amide bonds. The number of pyridine rings is 1. The maximum Gasteiger partial charge on any atom is 0.269 e. The number of alkyl halides is 2. The molecule has 0 bridgehead atoms. The molecule has 1 aromatic heterocycles. The summed E-state index contributed by atoms with van der Waals surface area (Å²) in [7, 11) is 0. The first-order valence-corrected chi connectivity index (χ1v) is 4.27. The van der Waals surface area contributed by atoms with E-state index in [1.807, 2.05) is 0 Å². The molecule has 6 heteroatoms. The summed E-state index contributed by atoms with van der Waals surface area (Å²) >= 11 is 6.91. The summed E-state index contributed by atoms with van der Waals surface area (Å²) in [6.45, 7) is 0. The van der Waals surface area contributed by atoms with Gasteiger partial charge in [-0.3, -0.25) is 0 Å². The van der Waals surface area contributed by atoms with Crippen molar-refractivity contribution in [2.45, 2.75) is 6.43 Å². The minimum atomic E-state index is -2.86. The van der Waals surface area contributed by atoms with E-state index in [2.05, 4.69) is 4.98 Å². The molecule has 0 spiro atoms. The van der Waals surface area contributed by atoms with Gasteiger partial charge < -0.3 is 0 Å². The van der Waals surface area contributed by atoms with Gasteiger partial charge in [-0.25, -0.2) is 13.8 Å². The Morgan fingerprint density at radius 1 is 1.50 bits per heavy atom. The van der Waals surface area contributed by atoms with E-state index in [1.165, 1.54) is 6.07 Å². The fraction of sp³-hybridized carbons (Fsp3) is 0.167. The molecule has 1 heterocycles. The molecule has 1 rings (SSSR count). The van der Waals surface area contributed by atoms with Crippen LogP contribution >= 0.6 is 34.2 Å². The molecule has 0 saturated carbocycles. The topological polar surface area (TPSA) is 12.9 Å². The van der Waals surface area contributed by atoms with E-state index in [1.54, 1.807) is 22.6 Å². The molecule has 12 heavy (non-hydrogen) atoms. The second-order valence-corrected chi connectivity index (χ2v) is 3.48. The molecule has 1 nitrogen and oxygen atoms in total. The van der Waals surface area contributed by atoms with Crippen LogP contribution in [0.3, 0.4) is 0 Å². The molecular formula is C6H2ClF3IN. The van der Waals surface area contributed by atoms with Crippen LogP contribution in [0.2, 0.25) is 5.15 Å². The SMILES string of the molecule is Fc1nc(Cl)cc(I)c1C(F)F. The van der Waals surface area contributed by atoms with Crippen LogP contribution in [0.4, 0.5) is 13.2 Å². The summed E-state index contributed by atoms with van der Waals surface area (Å²) < 4.78 is 37.0. The first-order valence-electron chi connectivity index (χ1n) is 2.82. The van der Waals surface area contributed by atoms with Gasteiger partial charge in [0.25, 0.3) is 6.43 Å². The zero-order chi connectivity index (χ0) is 9.30. The first kappa shape index (κ1) is 10.0. The Morgan fingerprint density at radius 2 is 2.08 bits per heavy atom. The minimum Gasteiger partial charge on any atom is -0.207 e. The second-order valence-electron chi connectivity index (χ2n) is 1.93. The summed E-state index contributed by atoms with van der Waals surface area (Å²) in [5.74, 6) is -1.21. The Morgan fingerprint density at radius 3 is 2.50 bits per heavy atom. The zero-order valence-corrected chi connectivity index (χ0v) is 8.41. The van der Waals surface area contributed by atoms with E-state index in [9.17, 15) is 13.2 Å². The maximum atomic E-state index is 12.7. The monoisotopic (exact) mass is 307 g/mol. The molecular weight excluding hydrogens is 305 g/mol. The van der Waals surface area contributed by atoms with Gasteiger partial charge in [0.1, 0.15) is 5.15 Å². The van der Waals surface area contributed by atoms with E-state index >= 15 is 0 Å². The van der Waals surface area contributed by atoms with Crippen LogP contribution in [0, 0.1) is 9.52 Å². The Bertz CT molecular complexity index is 282. The average molecular weight is 307 g/mol. The van der Waals surface area contributed by atoms with Crippen molar-refractivity contribution >= 4 is 34.2 Å². The maximum absolute atomic E-state index is 12.7. The highest BCUT2D eigenvalue weighted by Crippen LogP contribution is 2.27. The molecule has 0 radical (unpaired) electrons. The van der Waals surface area contributed by atoms with Crippen LogP contribution in [0.5, 0.6) is 0 Å². The molecule has 0 atom stereocenters. The summed E-state index contributed by atoms with van der Waals surface area (Å²) in [4.78, 5) is 3.07. The number of halogens is 5. The van der Waals surface area contributed by atoms with Crippen LogP contribution in [-0.2, 0) is 0 Å². The normalized spacial score (nSPS) is 10.8. The number of hydrogen-bond acceptors (Lipinski definition) is 1. The van der Waals surface area contributed by atoms with Gasteiger partial charge in [0.05, 0.1) is 5.56 Å². The lowest BCUT2D eigenvalue weighted by atomic mass is 10.3. The van der Waals surface area contributed by atoms with Crippen LogP contribution in [-0.4, -0.2) is 4.98 Å². The largest absolute Gasteiger partial charge is 0.269 e. The van der Waals surface area contributed by atoms with Crippen molar-refractivity contribution in [3.05, 3.63) is 26.3 Å². The summed E-state index contributed by atoms with van der Waals surface area (Å²) in [5, 5.41) is -0.124. The molecule has 0 aliphatic heterocycles. The minimum absolute atomic E-state index is 0.0834. The second kappa shape index (κ2) is 3.78. The predicted octanol–water partition coefficient (Wildman–Crippen LogP) is 3.42. The van der Waals surface area contributed by atoms with Crippen LogP contribution in [0.1, 0.15) is 12.0 Å². The lowest BCUT2D eigenvalue weighted by Gasteiger charge is -2.03. The van der Waals surface area contributed by atoms with Crippen molar-refractivity contribution in [2.24, 2.45) is 0 Å². The molecule has 0 saturated heterocycles. The van der Waals surface area contributed by atoms with E-state index < -0.39 is 17.9 Å². The molecule has 66 valence electrons. The van der Waals surface area contributed by atoms with Gasteiger partial charge in [0, 0.05) is 3.57 Å². The summed E-state index contributed by atoms with van der Waals surface area (Å²) in [5.41, 5.74) is -0.694. The van der Waals surface area contributed by atoms with Crippen LogP contribution in [0.15, 0.2) is 6.07 Å². The Hall–Kier alpha value is -0.0400. The molecule has 0 aliphatic rings. The van der Waals surface area contributed by atoms with Gasteiger partial charge in [0.15, 0.2) is 0 Å². The lowest BCUT2D eigenvalue weighted by Crippen LogP contribution is -1.98. The highest BCUT2D eigenvalue weighted by Gasteiger charge is 2.18. The van der Waals surface area contributed by atoms with Crippen molar-refractivity contribution in [2.75, 3.05) is 0 Å². The van der Waals surface area contributed by atoms with Gasteiger partial charge in [0.2, 0.25) is 5.95 Å². The van der Waals surface area contributed by atoms with Gasteiger partial charge in [-0.15, -0.1) is 0 Å². The van der Waals surface area contributed by atoms with Gasteiger partial charge in [-0.1, -0.05) is 11.6 Å².